The van der Waals surface area contributed by atoms with Crippen molar-refractivity contribution in [3.8, 4) is 5.88 Å². The molecule has 3 heterocycles. The second-order valence-electron chi connectivity index (χ2n) is 16.7. The molecule has 0 radical (unpaired) electrons. The van der Waals surface area contributed by atoms with Gasteiger partial charge in [0.25, 0.3) is 5.91 Å². The molecule has 0 bridgehead atoms. The number of carbonyl (C=O) groups is 4. The van der Waals surface area contributed by atoms with Gasteiger partial charge in [-0.05, 0) is 126 Å². The van der Waals surface area contributed by atoms with Gasteiger partial charge in [-0.15, -0.1) is 11.3 Å². The van der Waals surface area contributed by atoms with E-state index < -0.39 is 5.97 Å². The maximum absolute atomic E-state index is 12.8. The normalized spacial score (nSPS) is 14.1. The Kier molecular flexibility index (Phi) is 25.0. The number of aryl methyl sites for hydroxylation is 3. The molecule has 1 saturated heterocycles. The number of nitrogens with zero attached hydrogens (tertiary/aromatic N) is 3. The van der Waals surface area contributed by atoms with E-state index in [0.29, 0.717) is 47.4 Å². The Morgan fingerprint density at radius 3 is 2.26 bits per heavy atom. The molecule has 4 aromatic rings. The van der Waals surface area contributed by atoms with Crippen LogP contribution in [0.15, 0.2) is 53.9 Å². The first-order chi connectivity index (χ1) is 31.3. The van der Waals surface area contributed by atoms with Crippen LogP contribution in [0, 0.1) is 20.8 Å². The number of Topliss-reactive ketones (excluding diaryl/α,β-unsaturated/α-hetero) is 1. The maximum atomic E-state index is 12.8. The molecular weight excluding hydrogens is 837 g/mol. The summed E-state index contributed by atoms with van der Waals surface area (Å²) in [5.41, 5.74) is 6.55. The third-order valence-electron chi connectivity index (χ3n) is 11.8. The molecule has 13 heteroatoms. The number of pyridine rings is 1. The third-order valence-corrected chi connectivity index (χ3v) is 12.8. The lowest BCUT2D eigenvalue weighted by atomic mass is 9.91. The second kappa shape index (κ2) is 29.8. The molecule has 358 valence electrons. The Balaban J connectivity index is 0.000000262. The van der Waals surface area contributed by atoms with Gasteiger partial charge in [0.05, 0.1) is 42.6 Å². The molecule has 1 aliphatic heterocycles. The molecule has 3 N–H and O–H groups in total. The van der Waals surface area contributed by atoms with Crippen molar-refractivity contribution in [2.45, 2.75) is 132 Å². The number of aromatic nitrogens is 1. The summed E-state index contributed by atoms with van der Waals surface area (Å²) >= 11 is 1.27. The standard InChI is InChI=1S/C20H29N3O2.C19H29NO.C13H20N2O3S/c1-4-7-14-25-19-15-17(16-10-8-9-11-18(16)22-19)20(24)21-12-13-23(5-2)6-3;1-4-5-12-20-13-7-6-11-18(20)19(21)14-17-15(2)9-8-10-16(17)3;1-5-6-14-9(3)12(16)15-10-8(2)7-19-11(10)13(17)18-4/h8-11,15H,4-7,12-14H2,1-3H3,(H,21,24);8-10,18H,4-7,11-14H2,1-3H3;7,9,14H,5-6H2,1-4H3,(H,15,16). The Hall–Kier alpha value is -4.69. The number of esters is 1. The van der Waals surface area contributed by atoms with E-state index in [9.17, 15) is 19.2 Å². The van der Waals surface area contributed by atoms with Gasteiger partial charge in [-0.2, -0.15) is 0 Å². The van der Waals surface area contributed by atoms with Crippen molar-refractivity contribution >= 4 is 51.5 Å². The lowest BCUT2D eigenvalue weighted by Gasteiger charge is -2.35. The van der Waals surface area contributed by atoms with E-state index in [0.717, 1.165) is 81.4 Å². The second-order valence-corrected chi connectivity index (χ2v) is 17.6. The Labute approximate surface area is 393 Å². The van der Waals surface area contributed by atoms with Crippen LogP contribution in [0.4, 0.5) is 5.69 Å². The lowest BCUT2D eigenvalue weighted by molar-refractivity contribution is -0.125. The SMILES string of the molecule is CCCCN1CCCCC1C(=O)Cc1c(C)cccc1C.CCCCOc1cc(C(=O)NCCN(CC)CC)c2ccccc2n1.CCCNC(C)C(=O)Nc1c(C)csc1C(=O)OC. The van der Waals surface area contributed by atoms with Crippen LogP contribution in [0.1, 0.15) is 135 Å². The van der Waals surface area contributed by atoms with E-state index in [-0.39, 0.29) is 23.9 Å². The molecule has 2 atom stereocenters. The number of unbranched alkanes of at least 4 members (excludes halogenated alkanes) is 2. The summed E-state index contributed by atoms with van der Waals surface area (Å²) in [7, 11) is 1.33. The van der Waals surface area contributed by atoms with Crippen molar-refractivity contribution in [3.05, 3.63) is 86.6 Å². The summed E-state index contributed by atoms with van der Waals surface area (Å²) in [6, 6.07) is 15.6. The molecule has 1 fully saturated rings. The van der Waals surface area contributed by atoms with Gasteiger partial charge in [0.2, 0.25) is 11.8 Å². The van der Waals surface area contributed by atoms with E-state index in [2.05, 4.69) is 90.5 Å². The molecule has 65 heavy (non-hydrogen) atoms. The number of hydrogen-bond acceptors (Lipinski definition) is 11. The fourth-order valence-electron chi connectivity index (χ4n) is 7.63. The van der Waals surface area contributed by atoms with Crippen molar-refractivity contribution in [2.75, 3.05) is 64.8 Å². The van der Waals surface area contributed by atoms with Crippen molar-refractivity contribution in [1.82, 2.24) is 25.4 Å². The Morgan fingerprint density at radius 1 is 0.892 bits per heavy atom. The summed E-state index contributed by atoms with van der Waals surface area (Å²) in [5, 5.41) is 11.6. The minimum atomic E-state index is -0.428. The largest absolute Gasteiger partial charge is 0.478 e. The number of ketones is 1. The molecule has 5 rings (SSSR count). The number of anilines is 1. The number of hydrogen-bond donors (Lipinski definition) is 3. The Morgan fingerprint density at radius 2 is 1.60 bits per heavy atom. The van der Waals surface area contributed by atoms with Gasteiger partial charge < -0.3 is 30.3 Å². The number of likely N-dealkylation sites (tertiary alicyclic amines) is 1. The molecule has 0 saturated carbocycles. The van der Waals surface area contributed by atoms with Crippen molar-refractivity contribution in [3.63, 3.8) is 0 Å². The minimum Gasteiger partial charge on any atom is -0.478 e. The molecule has 1 aliphatic rings. The van der Waals surface area contributed by atoms with Gasteiger partial charge in [-0.1, -0.05) is 90.3 Å². The van der Waals surface area contributed by atoms with Gasteiger partial charge in [-0.3, -0.25) is 19.3 Å². The fourth-order valence-corrected chi connectivity index (χ4v) is 8.55. The first-order valence-corrected chi connectivity index (χ1v) is 24.8. The molecule has 2 aromatic heterocycles. The number of nitrogens with one attached hydrogen (secondary N) is 3. The zero-order valence-corrected chi connectivity index (χ0v) is 41.9. The van der Waals surface area contributed by atoms with Gasteiger partial charge in [0.1, 0.15) is 4.88 Å². The van der Waals surface area contributed by atoms with Crippen LogP contribution in [0.3, 0.4) is 0 Å². The number of methoxy groups -OCH3 is 1. The predicted octanol–water partition coefficient (Wildman–Crippen LogP) is 9.72. The lowest BCUT2D eigenvalue weighted by Crippen LogP contribution is -2.45. The van der Waals surface area contributed by atoms with Crippen LogP contribution in [-0.4, -0.2) is 110 Å². The van der Waals surface area contributed by atoms with E-state index >= 15 is 0 Å². The fraction of sp³-hybridized carbons (Fsp3) is 0.558. The summed E-state index contributed by atoms with van der Waals surface area (Å²) in [5.74, 6) is 0.276. The zero-order chi connectivity index (χ0) is 47.7. The number of piperidine rings is 1. The zero-order valence-electron chi connectivity index (χ0n) is 41.1. The highest BCUT2D eigenvalue weighted by Crippen LogP contribution is 2.29. The molecule has 2 unspecified atom stereocenters. The number of thiophene rings is 1. The van der Waals surface area contributed by atoms with Crippen molar-refractivity contribution in [2.24, 2.45) is 0 Å². The highest BCUT2D eigenvalue weighted by molar-refractivity contribution is 7.12. The Bertz CT molecular complexity index is 2060. The minimum absolute atomic E-state index is 0.0777. The first kappa shape index (κ1) is 54.6. The van der Waals surface area contributed by atoms with Gasteiger partial charge in [0.15, 0.2) is 5.78 Å². The maximum Gasteiger partial charge on any atom is 0.350 e. The summed E-state index contributed by atoms with van der Waals surface area (Å²) < 4.78 is 10.4. The number of benzene rings is 2. The summed E-state index contributed by atoms with van der Waals surface area (Å²) in [6.45, 7) is 25.5. The quantitative estimate of drug-likeness (QED) is 0.0516. The number of para-hydroxylation sites is 1. The summed E-state index contributed by atoms with van der Waals surface area (Å²) in [4.78, 5) is 58.7. The highest BCUT2D eigenvalue weighted by Gasteiger charge is 2.28. The number of ether oxygens (including phenoxy) is 2. The number of carbonyl (C=O) groups excluding carboxylic acids is 4. The van der Waals surface area contributed by atoms with Crippen molar-refractivity contribution in [1.29, 1.82) is 0 Å². The number of fused-ring (bicyclic) bond motifs is 1. The molecule has 2 amide bonds. The van der Waals surface area contributed by atoms with Crippen molar-refractivity contribution < 1.29 is 28.7 Å². The van der Waals surface area contributed by atoms with E-state index in [1.54, 1.807) is 13.0 Å². The number of amides is 2. The predicted molar refractivity (Wildman–Crippen MR) is 268 cm³/mol. The van der Waals surface area contributed by atoms with Gasteiger partial charge in [-0.25, -0.2) is 9.78 Å². The van der Waals surface area contributed by atoms with E-state index in [1.165, 1.54) is 60.8 Å². The molecular formula is C52H78N6O6S. The average molecular weight is 915 g/mol. The van der Waals surface area contributed by atoms with Gasteiger partial charge >= 0.3 is 5.97 Å². The van der Waals surface area contributed by atoms with Crippen LogP contribution >= 0.6 is 11.3 Å². The smallest absolute Gasteiger partial charge is 0.350 e. The number of rotatable bonds is 22. The first-order valence-electron chi connectivity index (χ1n) is 23.9. The van der Waals surface area contributed by atoms with Gasteiger partial charge in [0, 0.05) is 31.0 Å². The number of likely N-dealkylation sites (N-methyl/N-ethyl adjacent to an activating group) is 1. The average Bonchev–Trinajstić information content (AvgIpc) is 3.68. The molecule has 0 spiro atoms. The molecule has 0 aliphatic carbocycles. The van der Waals surface area contributed by atoms with Crippen LogP contribution in [0.5, 0.6) is 5.88 Å². The van der Waals surface area contributed by atoms with E-state index in [1.807, 2.05) is 43.5 Å². The van der Waals surface area contributed by atoms with Crippen LogP contribution < -0.4 is 20.7 Å². The van der Waals surface area contributed by atoms with Crippen LogP contribution in [0.25, 0.3) is 10.9 Å². The van der Waals surface area contributed by atoms with E-state index in [4.69, 9.17) is 9.47 Å². The third kappa shape index (κ3) is 17.6. The molecule has 12 nitrogen and oxygen atoms in total. The highest BCUT2D eigenvalue weighted by atomic mass is 32.1. The summed E-state index contributed by atoms with van der Waals surface area (Å²) in [6.07, 6.45) is 9.50. The molecule has 2 aromatic carbocycles. The monoisotopic (exact) mass is 915 g/mol. The topological polar surface area (TPSA) is 142 Å². The van der Waals surface area contributed by atoms with Crippen LogP contribution in [-0.2, 0) is 20.7 Å². The van der Waals surface area contributed by atoms with Crippen LogP contribution in [0.2, 0.25) is 0 Å².